The Morgan fingerprint density at radius 2 is 1.31 bits per heavy atom. The Morgan fingerprint density at radius 3 is 1.90 bits per heavy atom. The standard InChI is InChI=1S/C34H24N2O6/c37-14-23-31(39)32(33(42-23)36-12-11-24(38)35-34(36)40)41-15-21-13-20-8-7-18-4-2-16-1-3-17-5-6-19-9-10-22(21)30-28(19)26(17)25(16)27(18)29(20)30/h1-13,23,31-33,37,39H,14-15H2,(H,35,38,40). The zero-order valence-corrected chi connectivity index (χ0v) is 22.2. The molecule has 2 heterocycles. The molecule has 0 aliphatic carbocycles. The molecular weight excluding hydrogens is 532 g/mol. The number of benzene rings is 7. The molecule has 4 unspecified atom stereocenters. The molecule has 1 aromatic heterocycles. The van der Waals surface area contributed by atoms with Gasteiger partial charge in [0.25, 0.3) is 5.56 Å². The maximum Gasteiger partial charge on any atom is 0.330 e. The van der Waals surface area contributed by atoms with Crippen molar-refractivity contribution in [3.05, 3.63) is 105 Å². The van der Waals surface area contributed by atoms with Crippen LogP contribution in [0.15, 0.2) is 88.6 Å². The van der Waals surface area contributed by atoms with Gasteiger partial charge in [-0.2, -0.15) is 0 Å². The first-order valence-corrected chi connectivity index (χ1v) is 14.0. The number of H-pyrrole nitrogens is 1. The lowest BCUT2D eigenvalue weighted by Crippen LogP contribution is -2.39. The summed E-state index contributed by atoms with van der Waals surface area (Å²) in [5.41, 5.74) is -0.283. The lowest BCUT2D eigenvalue weighted by atomic mass is 9.82. The quantitative estimate of drug-likeness (QED) is 0.211. The number of aromatic nitrogens is 2. The first kappa shape index (κ1) is 24.0. The van der Waals surface area contributed by atoms with Gasteiger partial charge in [0.05, 0.1) is 13.2 Å². The zero-order chi connectivity index (χ0) is 28.3. The summed E-state index contributed by atoms with van der Waals surface area (Å²) in [6.07, 6.45) is -2.81. The first-order chi connectivity index (χ1) is 20.5. The van der Waals surface area contributed by atoms with Gasteiger partial charge < -0.3 is 19.7 Å². The minimum atomic E-state index is -1.19. The predicted octanol–water partition coefficient (Wildman–Crippen LogP) is 4.61. The van der Waals surface area contributed by atoms with Gasteiger partial charge in [0.1, 0.15) is 18.3 Å². The molecule has 4 atom stereocenters. The van der Waals surface area contributed by atoms with Crippen LogP contribution in [0.3, 0.4) is 0 Å². The van der Waals surface area contributed by atoms with E-state index in [0.717, 1.165) is 16.3 Å². The summed E-state index contributed by atoms with van der Waals surface area (Å²) in [7, 11) is 0. The Morgan fingerprint density at radius 1 is 0.762 bits per heavy atom. The normalized spacial score (nSPS) is 21.5. The van der Waals surface area contributed by atoms with E-state index in [9.17, 15) is 19.8 Å². The van der Waals surface area contributed by atoms with Gasteiger partial charge in [-0.05, 0) is 76.3 Å². The predicted molar refractivity (Wildman–Crippen MR) is 162 cm³/mol. The highest BCUT2D eigenvalue weighted by Crippen LogP contribution is 2.49. The van der Waals surface area contributed by atoms with Crippen molar-refractivity contribution in [3.8, 4) is 0 Å². The van der Waals surface area contributed by atoms with Crippen molar-refractivity contribution in [2.75, 3.05) is 6.61 Å². The van der Waals surface area contributed by atoms with Gasteiger partial charge in [0, 0.05) is 12.3 Å². The van der Waals surface area contributed by atoms with Gasteiger partial charge in [-0.15, -0.1) is 0 Å². The summed E-state index contributed by atoms with van der Waals surface area (Å²) in [5, 5.41) is 35.3. The van der Waals surface area contributed by atoms with E-state index < -0.39 is 42.4 Å². The molecule has 8 aromatic rings. The van der Waals surface area contributed by atoms with Crippen molar-refractivity contribution in [1.29, 1.82) is 0 Å². The molecule has 1 saturated heterocycles. The van der Waals surface area contributed by atoms with E-state index in [1.807, 2.05) is 0 Å². The maximum absolute atomic E-state index is 12.6. The van der Waals surface area contributed by atoms with E-state index in [0.29, 0.717) is 0 Å². The second-order valence-electron chi connectivity index (χ2n) is 11.3. The van der Waals surface area contributed by atoms with E-state index in [-0.39, 0.29) is 6.61 Å². The highest BCUT2D eigenvalue weighted by Gasteiger charge is 2.45. The molecule has 7 aromatic carbocycles. The summed E-state index contributed by atoms with van der Waals surface area (Å²) >= 11 is 0. The van der Waals surface area contributed by atoms with Crippen LogP contribution < -0.4 is 11.2 Å². The van der Waals surface area contributed by atoms with Crippen LogP contribution in [-0.4, -0.2) is 44.7 Å². The van der Waals surface area contributed by atoms with Gasteiger partial charge in [0.2, 0.25) is 0 Å². The highest BCUT2D eigenvalue weighted by molar-refractivity contribution is 6.44. The van der Waals surface area contributed by atoms with Crippen LogP contribution in [0.25, 0.3) is 64.6 Å². The van der Waals surface area contributed by atoms with E-state index in [1.165, 1.54) is 70.7 Å². The summed E-state index contributed by atoms with van der Waals surface area (Å²) in [6.45, 7) is -0.312. The largest absolute Gasteiger partial charge is 0.394 e. The molecule has 1 fully saturated rings. The van der Waals surface area contributed by atoms with Crippen LogP contribution in [0.2, 0.25) is 0 Å². The van der Waals surface area contributed by atoms with Crippen LogP contribution in [0, 0.1) is 0 Å². The van der Waals surface area contributed by atoms with Crippen molar-refractivity contribution < 1.29 is 19.7 Å². The number of ether oxygens (including phenoxy) is 2. The Balaban J connectivity index is 1.24. The average molecular weight is 557 g/mol. The third kappa shape index (κ3) is 3.09. The molecule has 8 nitrogen and oxygen atoms in total. The molecular formula is C34H24N2O6. The lowest BCUT2D eigenvalue weighted by Gasteiger charge is -2.24. The van der Waals surface area contributed by atoms with Crippen molar-refractivity contribution >= 4 is 64.6 Å². The minimum Gasteiger partial charge on any atom is -0.394 e. The minimum absolute atomic E-state index is 0.135. The number of aliphatic hydroxyl groups is 2. The topological polar surface area (TPSA) is 114 Å². The van der Waals surface area contributed by atoms with Crippen LogP contribution >= 0.6 is 0 Å². The monoisotopic (exact) mass is 556 g/mol. The van der Waals surface area contributed by atoms with Crippen LogP contribution in [0.4, 0.5) is 0 Å². The molecule has 42 heavy (non-hydrogen) atoms. The van der Waals surface area contributed by atoms with Gasteiger partial charge in [-0.1, -0.05) is 60.7 Å². The molecule has 0 saturated carbocycles. The smallest absolute Gasteiger partial charge is 0.330 e. The molecule has 9 rings (SSSR count). The summed E-state index contributed by atoms with van der Waals surface area (Å²) in [6, 6.07) is 25.1. The summed E-state index contributed by atoms with van der Waals surface area (Å²) in [4.78, 5) is 26.5. The second kappa shape index (κ2) is 8.47. The Kier molecular flexibility index (Phi) is 4.85. The van der Waals surface area contributed by atoms with Crippen molar-refractivity contribution in [3.63, 3.8) is 0 Å². The molecule has 0 bridgehead atoms. The van der Waals surface area contributed by atoms with Gasteiger partial charge in [0.15, 0.2) is 6.23 Å². The van der Waals surface area contributed by atoms with Gasteiger partial charge in [-0.3, -0.25) is 14.3 Å². The third-order valence-corrected chi connectivity index (χ3v) is 9.14. The number of aromatic amines is 1. The zero-order valence-electron chi connectivity index (χ0n) is 22.2. The summed E-state index contributed by atoms with van der Waals surface area (Å²) in [5.74, 6) is 0. The number of hydrogen-bond acceptors (Lipinski definition) is 6. The molecule has 8 heteroatoms. The van der Waals surface area contributed by atoms with Gasteiger partial charge in [-0.25, -0.2) is 4.79 Å². The number of nitrogens with zero attached hydrogens (tertiary/aromatic N) is 1. The van der Waals surface area contributed by atoms with Crippen molar-refractivity contribution in [1.82, 2.24) is 9.55 Å². The number of hydrogen-bond donors (Lipinski definition) is 3. The van der Waals surface area contributed by atoms with E-state index >= 15 is 0 Å². The Labute approximate surface area is 236 Å². The Bertz CT molecular complexity index is 2370. The second-order valence-corrected chi connectivity index (χ2v) is 11.3. The van der Waals surface area contributed by atoms with E-state index in [4.69, 9.17) is 9.47 Å². The van der Waals surface area contributed by atoms with Gasteiger partial charge >= 0.3 is 5.69 Å². The Hall–Kier alpha value is -4.60. The van der Waals surface area contributed by atoms with Crippen molar-refractivity contribution in [2.45, 2.75) is 31.1 Å². The summed E-state index contributed by atoms with van der Waals surface area (Å²) < 4.78 is 13.4. The third-order valence-electron chi connectivity index (χ3n) is 9.14. The maximum atomic E-state index is 12.6. The van der Waals surface area contributed by atoms with Crippen LogP contribution in [-0.2, 0) is 16.1 Å². The van der Waals surface area contributed by atoms with E-state index in [1.54, 1.807) is 0 Å². The van der Waals surface area contributed by atoms with Crippen LogP contribution in [0.1, 0.15) is 11.8 Å². The molecule has 1 aliphatic heterocycles. The van der Waals surface area contributed by atoms with E-state index in [2.05, 4.69) is 71.7 Å². The number of nitrogens with one attached hydrogen (secondary N) is 1. The molecule has 0 spiro atoms. The molecule has 3 N–H and O–H groups in total. The molecule has 0 amide bonds. The number of aliphatic hydroxyl groups excluding tert-OH is 2. The van der Waals surface area contributed by atoms with Crippen molar-refractivity contribution in [2.24, 2.45) is 0 Å². The fourth-order valence-corrected chi connectivity index (χ4v) is 7.27. The highest BCUT2D eigenvalue weighted by atomic mass is 16.6. The SMILES string of the molecule is O=c1ccn(C2OC(CO)C(O)C2OCc2cc3ccc4ccc5ccc6ccc7ccc2c2c7c6c5c4c32)c(=O)[nH]1. The average Bonchev–Trinajstić information content (AvgIpc) is 3.32. The molecule has 0 radical (unpaired) electrons. The molecule has 206 valence electrons. The first-order valence-electron chi connectivity index (χ1n) is 14.0. The molecule has 1 aliphatic rings. The fourth-order valence-electron chi connectivity index (χ4n) is 7.27. The number of rotatable bonds is 5. The lowest BCUT2D eigenvalue weighted by molar-refractivity contribution is -0.0795. The van der Waals surface area contributed by atoms with Crippen LogP contribution in [0.5, 0.6) is 0 Å². The fraction of sp³-hybridized carbons (Fsp3) is 0.176.